The van der Waals surface area contributed by atoms with E-state index in [0.717, 1.165) is 30.3 Å². The number of aromatic nitrogens is 4. The van der Waals surface area contributed by atoms with Crippen LogP contribution in [-0.4, -0.2) is 62.0 Å². The number of carbonyl (C=O) groups is 2. The summed E-state index contributed by atoms with van der Waals surface area (Å²) < 4.78 is 72.1. The number of anilines is 2. The molecule has 0 bridgehead atoms. The number of carboxylic acids is 1. The maximum absolute atomic E-state index is 13.1. The number of nitrogens with two attached hydrogens (primary N) is 1. The molecule has 4 heterocycles. The van der Waals surface area contributed by atoms with Crippen molar-refractivity contribution in [3.63, 3.8) is 0 Å². The van der Waals surface area contributed by atoms with Crippen LogP contribution >= 0.6 is 11.3 Å². The lowest BCUT2D eigenvalue weighted by atomic mass is 10.1. The first-order chi connectivity index (χ1) is 16.7. The van der Waals surface area contributed by atoms with Crippen molar-refractivity contribution >= 4 is 45.1 Å². The quantitative estimate of drug-likeness (QED) is 0.431. The molecule has 0 aromatic carbocycles. The second-order valence-electron chi connectivity index (χ2n) is 7.70. The van der Waals surface area contributed by atoms with Crippen molar-refractivity contribution in [2.45, 2.75) is 31.2 Å². The Morgan fingerprint density at radius 1 is 1.25 bits per heavy atom. The molecule has 1 aliphatic rings. The van der Waals surface area contributed by atoms with Gasteiger partial charge < -0.3 is 21.1 Å². The van der Waals surface area contributed by atoms with Crippen LogP contribution in [0, 0.1) is 0 Å². The summed E-state index contributed by atoms with van der Waals surface area (Å²) in [5.41, 5.74) is 4.97. The number of carbonyl (C=O) groups excluding carboxylic acids is 1. The summed E-state index contributed by atoms with van der Waals surface area (Å²) in [5, 5.41) is 14.4. The molecule has 3 aromatic rings. The van der Waals surface area contributed by atoms with Gasteiger partial charge in [-0.3, -0.25) is 9.48 Å². The Labute approximate surface area is 202 Å². The molecule has 196 valence electrons. The zero-order chi connectivity index (χ0) is 26.8. The molecule has 0 radical (unpaired) electrons. The van der Waals surface area contributed by atoms with Crippen LogP contribution in [0.15, 0.2) is 17.8 Å². The average molecular weight is 539 g/mol. The van der Waals surface area contributed by atoms with E-state index < -0.39 is 35.6 Å². The van der Waals surface area contributed by atoms with Crippen LogP contribution < -0.4 is 16.0 Å². The van der Waals surface area contributed by atoms with E-state index in [1.165, 1.54) is 23.8 Å². The van der Waals surface area contributed by atoms with E-state index in [-0.39, 0.29) is 11.6 Å². The standard InChI is InChI=1S/C17H18F3N7OS.C2HF3O2/c1-26-7-11(14(25-26)17(18,19)20)23-15(28)10-8-29-16-13(10)24-12(5-22-16)27-4-2-3-9(21)6-27;3-2(4,5)1(6)7/h5,7-9H,2-4,6,21H2,1H3,(H,23,28);(H,6,7)/t9-;/m1./s1. The molecule has 1 fully saturated rings. The number of alkyl halides is 6. The van der Waals surface area contributed by atoms with Crippen LogP contribution in [0.3, 0.4) is 0 Å². The van der Waals surface area contributed by atoms with Crippen molar-refractivity contribution in [1.82, 2.24) is 19.7 Å². The molecular formula is C19H19F6N7O3S. The molecule has 17 heteroatoms. The lowest BCUT2D eigenvalue weighted by Gasteiger charge is -2.31. The SMILES string of the molecule is Cn1cc(NC(=O)c2csc3ncc(N4CCC[C@@H](N)C4)nc23)c(C(F)(F)F)n1.O=C(O)C(F)(F)F. The maximum Gasteiger partial charge on any atom is 0.490 e. The highest BCUT2D eigenvalue weighted by Gasteiger charge is 2.38. The van der Waals surface area contributed by atoms with Gasteiger partial charge in [-0.15, -0.1) is 11.3 Å². The molecule has 0 unspecified atom stereocenters. The molecule has 10 nitrogen and oxygen atoms in total. The number of aliphatic carboxylic acids is 1. The van der Waals surface area contributed by atoms with Gasteiger partial charge in [-0.1, -0.05) is 0 Å². The summed E-state index contributed by atoms with van der Waals surface area (Å²) in [6.45, 7) is 1.42. The molecule has 1 saturated heterocycles. The average Bonchev–Trinajstić information content (AvgIpc) is 3.36. The van der Waals surface area contributed by atoms with Crippen LogP contribution in [0.2, 0.25) is 0 Å². The first kappa shape index (κ1) is 27.1. The van der Waals surface area contributed by atoms with Gasteiger partial charge in [0.15, 0.2) is 5.69 Å². The number of nitrogens with zero attached hydrogens (tertiary/aromatic N) is 5. The highest BCUT2D eigenvalue weighted by Crippen LogP contribution is 2.34. The topological polar surface area (TPSA) is 139 Å². The summed E-state index contributed by atoms with van der Waals surface area (Å²) in [6.07, 6.45) is -5.16. The molecule has 0 saturated carbocycles. The highest BCUT2D eigenvalue weighted by atomic mass is 32.1. The van der Waals surface area contributed by atoms with E-state index in [2.05, 4.69) is 20.4 Å². The van der Waals surface area contributed by atoms with E-state index >= 15 is 0 Å². The molecule has 4 rings (SSSR count). The van der Waals surface area contributed by atoms with E-state index in [1.807, 2.05) is 4.90 Å². The number of fused-ring (bicyclic) bond motifs is 1. The fourth-order valence-electron chi connectivity index (χ4n) is 3.31. The fraction of sp³-hybridized carbons (Fsp3) is 0.421. The number of amides is 1. The molecular weight excluding hydrogens is 520 g/mol. The zero-order valence-corrected chi connectivity index (χ0v) is 19.2. The summed E-state index contributed by atoms with van der Waals surface area (Å²) in [5.74, 6) is -2.86. The van der Waals surface area contributed by atoms with Gasteiger partial charge in [-0.2, -0.15) is 31.4 Å². The zero-order valence-electron chi connectivity index (χ0n) is 18.4. The van der Waals surface area contributed by atoms with E-state index in [4.69, 9.17) is 15.6 Å². The number of thiophene rings is 1. The first-order valence-corrected chi connectivity index (χ1v) is 11.0. The Morgan fingerprint density at radius 3 is 2.50 bits per heavy atom. The number of nitrogens with one attached hydrogen (secondary N) is 1. The van der Waals surface area contributed by atoms with Crippen LogP contribution in [-0.2, 0) is 18.0 Å². The van der Waals surface area contributed by atoms with Gasteiger partial charge in [0, 0.05) is 37.8 Å². The Hall–Kier alpha value is -3.47. The number of hydrogen-bond donors (Lipinski definition) is 3. The van der Waals surface area contributed by atoms with Gasteiger partial charge in [0.25, 0.3) is 5.91 Å². The van der Waals surface area contributed by atoms with Gasteiger partial charge in [0.05, 0.1) is 17.4 Å². The van der Waals surface area contributed by atoms with Crippen molar-refractivity contribution in [3.05, 3.63) is 29.0 Å². The molecule has 1 aliphatic heterocycles. The lowest BCUT2D eigenvalue weighted by Crippen LogP contribution is -2.43. The monoisotopic (exact) mass is 539 g/mol. The van der Waals surface area contributed by atoms with Crippen LogP contribution in [0.5, 0.6) is 0 Å². The number of hydrogen-bond acceptors (Lipinski definition) is 8. The second-order valence-corrected chi connectivity index (χ2v) is 8.56. The number of rotatable bonds is 3. The molecule has 3 aromatic heterocycles. The van der Waals surface area contributed by atoms with Gasteiger partial charge >= 0.3 is 18.3 Å². The van der Waals surface area contributed by atoms with Crippen molar-refractivity contribution in [3.8, 4) is 0 Å². The Morgan fingerprint density at radius 2 is 1.92 bits per heavy atom. The van der Waals surface area contributed by atoms with Crippen molar-refractivity contribution in [2.75, 3.05) is 23.3 Å². The van der Waals surface area contributed by atoms with Gasteiger partial charge in [0.1, 0.15) is 16.2 Å². The van der Waals surface area contributed by atoms with E-state index in [0.29, 0.717) is 22.7 Å². The summed E-state index contributed by atoms with van der Waals surface area (Å²) in [7, 11) is 1.35. The van der Waals surface area contributed by atoms with Crippen molar-refractivity contribution in [2.24, 2.45) is 12.8 Å². The fourth-order valence-corrected chi connectivity index (χ4v) is 4.14. The predicted octanol–water partition coefficient (Wildman–Crippen LogP) is 3.26. The Balaban J connectivity index is 0.000000454. The predicted molar refractivity (Wildman–Crippen MR) is 117 cm³/mol. The van der Waals surface area contributed by atoms with Crippen LogP contribution in [0.25, 0.3) is 10.3 Å². The smallest absolute Gasteiger partial charge is 0.475 e. The second kappa shape index (κ2) is 10.3. The molecule has 4 N–H and O–H groups in total. The largest absolute Gasteiger partial charge is 0.490 e. The molecule has 0 spiro atoms. The molecule has 36 heavy (non-hydrogen) atoms. The summed E-state index contributed by atoms with van der Waals surface area (Å²) >= 11 is 1.20. The number of piperidine rings is 1. The van der Waals surface area contributed by atoms with Crippen LogP contribution in [0.4, 0.5) is 37.8 Å². The number of aryl methyl sites for hydroxylation is 1. The minimum Gasteiger partial charge on any atom is -0.475 e. The number of halogens is 6. The summed E-state index contributed by atoms with van der Waals surface area (Å²) in [4.78, 5) is 33.0. The van der Waals surface area contributed by atoms with Crippen molar-refractivity contribution < 1.29 is 41.0 Å². The Kier molecular flexibility index (Phi) is 7.73. The third-order valence-electron chi connectivity index (χ3n) is 4.88. The number of carboxylic acid groups (broad SMARTS) is 1. The Bertz CT molecular complexity index is 1260. The van der Waals surface area contributed by atoms with Crippen molar-refractivity contribution in [1.29, 1.82) is 0 Å². The molecule has 1 amide bonds. The first-order valence-electron chi connectivity index (χ1n) is 10.1. The summed E-state index contributed by atoms with van der Waals surface area (Å²) in [6, 6.07) is 0.0397. The van der Waals surface area contributed by atoms with E-state index in [9.17, 15) is 31.1 Å². The van der Waals surface area contributed by atoms with E-state index in [1.54, 1.807) is 6.20 Å². The third kappa shape index (κ3) is 6.39. The van der Waals surface area contributed by atoms with Gasteiger partial charge in [-0.05, 0) is 12.8 Å². The highest BCUT2D eigenvalue weighted by molar-refractivity contribution is 7.17. The molecule has 1 atom stereocenters. The third-order valence-corrected chi connectivity index (χ3v) is 5.76. The lowest BCUT2D eigenvalue weighted by molar-refractivity contribution is -0.192. The normalized spacial score (nSPS) is 16.4. The van der Waals surface area contributed by atoms with Gasteiger partial charge in [0.2, 0.25) is 0 Å². The van der Waals surface area contributed by atoms with Gasteiger partial charge in [-0.25, -0.2) is 14.8 Å². The minimum atomic E-state index is -5.08. The maximum atomic E-state index is 13.1. The minimum absolute atomic E-state index is 0.0397. The molecule has 0 aliphatic carbocycles. The van der Waals surface area contributed by atoms with Crippen LogP contribution in [0.1, 0.15) is 28.9 Å².